The van der Waals surface area contributed by atoms with E-state index in [-0.39, 0.29) is 0 Å². The molecule has 4 heteroatoms. The molecule has 0 bridgehead atoms. The second-order valence-electron chi connectivity index (χ2n) is 7.47. The van der Waals surface area contributed by atoms with Crippen LogP contribution >= 0.6 is 15.9 Å². The van der Waals surface area contributed by atoms with Crippen molar-refractivity contribution in [2.75, 3.05) is 39.8 Å². The third-order valence-corrected chi connectivity index (χ3v) is 6.34. The molecule has 1 aliphatic heterocycles. The molecule has 3 aromatic carbocycles. The number of methoxy groups -OCH3 is 1. The van der Waals surface area contributed by atoms with Crippen molar-refractivity contribution in [2.24, 2.45) is 0 Å². The summed E-state index contributed by atoms with van der Waals surface area (Å²) in [7, 11) is 1.74. The Hall–Kier alpha value is -2.14. The van der Waals surface area contributed by atoms with Crippen LogP contribution < -0.4 is 4.74 Å². The van der Waals surface area contributed by atoms with Gasteiger partial charge >= 0.3 is 0 Å². The molecular formula is C25H27BrN2O. The van der Waals surface area contributed by atoms with E-state index >= 15 is 0 Å². The van der Waals surface area contributed by atoms with Crippen LogP contribution in [-0.4, -0.2) is 49.6 Å². The van der Waals surface area contributed by atoms with Crippen molar-refractivity contribution in [2.45, 2.75) is 6.54 Å². The summed E-state index contributed by atoms with van der Waals surface area (Å²) in [4.78, 5) is 5.08. The highest BCUT2D eigenvalue weighted by molar-refractivity contribution is 9.10. The number of fused-ring (bicyclic) bond motifs is 1. The predicted octanol–water partition coefficient (Wildman–Crippen LogP) is 5.44. The van der Waals surface area contributed by atoms with Crippen LogP contribution in [0.25, 0.3) is 16.8 Å². The van der Waals surface area contributed by atoms with E-state index < -0.39 is 0 Å². The van der Waals surface area contributed by atoms with Crippen molar-refractivity contribution in [3.05, 3.63) is 82.3 Å². The largest absolute Gasteiger partial charge is 0.496 e. The first kappa shape index (κ1) is 20.1. The maximum absolute atomic E-state index is 5.53. The van der Waals surface area contributed by atoms with Gasteiger partial charge in [0.25, 0.3) is 0 Å². The first-order valence-corrected chi connectivity index (χ1v) is 10.9. The van der Waals surface area contributed by atoms with E-state index in [0.29, 0.717) is 0 Å². The van der Waals surface area contributed by atoms with Gasteiger partial charge in [0.05, 0.1) is 7.11 Å². The number of piperazine rings is 1. The number of halogens is 1. The van der Waals surface area contributed by atoms with Gasteiger partial charge in [-0.1, -0.05) is 76.6 Å². The minimum absolute atomic E-state index is 0.950. The first-order valence-electron chi connectivity index (χ1n) is 10.1. The Morgan fingerprint density at radius 2 is 1.55 bits per heavy atom. The zero-order valence-corrected chi connectivity index (χ0v) is 18.4. The Labute approximate surface area is 181 Å². The summed E-state index contributed by atoms with van der Waals surface area (Å²) in [6.45, 7) is 6.40. The lowest BCUT2D eigenvalue weighted by molar-refractivity contribution is 0.137. The molecule has 4 rings (SSSR count). The highest BCUT2D eigenvalue weighted by atomic mass is 79.9. The van der Waals surface area contributed by atoms with Crippen molar-refractivity contribution < 1.29 is 4.74 Å². The van der Waals surface area contributed by atoms with Crippen molar-refractivity contribution in [1.29, 1.82) is 0 Å². The smallest absolute Gasteiger partial charge is 0.126 e. The third-order valence-electron chi connectivity index (χ3n) is 5.62. The number of rotatable bonds is 6. The Bertz CT molecular complexity index is 993. The summed E-state index contributed by atoms with van der Waals surface area (Å²) >= 11 is 3.61. The SMILES string of the molecule is COc1ccc(CN2CCN(C/C=C/c3ccccc3Br)CC2)c2ccccc12. The van der Waals surface area contributed by atoms with Gasteiger partial charge in [0, 0.05) is 49.1 Å². The van der Waals surface area contributed by atoms with Crippen LogP contribution in [0.1, 0.15) is 11.1 Å². The second-order valence-corrected chi connectivity index (χ2v) is 8.33. The average molecular weight is 451 g/mol. The first-order chi connectivity index (χ1) is 14.2. The Morgan fingerprint density at radius 3 is 2.31 bits per heavy atom. The van der Waals surface area contributed by atoms with Crippen LogP contribution in [0.2, 0.25) is 0 Å². The second kappa shape index (κ2) is 9.57. The standard InChI is InChI=1S/C25H27BrN2O/c1-29-25-13-12-21(22-9-3-4-10-23(22)25)19-28-17-15-27(16-18-28)14-6-8-20-7-2-5-11-24(20)26/h2-13H,14-19H2,1H3/b8-6+. The summed E-state index contributed by atoms with van der Waals surface area (Å²) in [6.07, 6.45) is 4.48. The summed E-state index contributed by atoms with van der Waals surface area (Å²) < 4.78 is 6.68. The van der Waals surface area contributed by atoms with E-state index in [2.05, 4.69) is 92.5 Å². The van der Waals surface area contributed by atoms with E-state index in [9.17, 15) is 0 Å². The molecule has 0 atom stereocenters. The molecule has 0 N–H and O–H groups in total. The molecule has 0 amide bonds. The summed E-state index contributed by atoms with van der Waals surface area (Å²) in [5, 5.41) is 2.49. The topological polar surface area (TPSA) is 15.7 Å². The molecule has 1 aliphatic rings. The highest BCUT2D eigenvalue weighted by Crippen LogP contribution is 2.29. The van der Waals surface area contributed by atoms with Gasteiger partial charge in [0.2, 0.25) is 0 Å². The average Bonchev–Trinajstić information content (AvgIpc) is 2.76. The summed E-state index contributed by atoms with van der Waals surface area (Å²) in [5.41, 5.74) is 2.61. The molecule has 0 unspecified atom stereocenters. The van der Waals surface area contributed by atoms with E-state index in [1.54, 1.807) is 7.11 Å². The molecule has 0 saturated carbocycles. The fourth-order valence-electron chi connectivity index (χ4n) is 3.96. The van der Waals surface area contributed by atoms with E-state index in [0.717, 1.165) is 49.5 Å². The summed E-state index contributed by atoms with van der Waals surface area (Å²) in [6, 6.07) is 21.2. The number of hydrogen-bond donors (Lipinski definition) is 0. The predicted molar refractivity (Wildman–Crippen MR) is 125 cm³/mol. The molecule has 0 spiro atoms. The fraction of sp³-hybridized carbons (Fsp3) is 0.280. The van der Waals surface area contributed by atoms with Gasteiger partial charge in [0.15, 0.2) is 0 Å². The van der Waals surface area contributed by atoms with Gasteiger partial charge in [-0.15, -0.1) is 0 Å². The Morgan fingerprint density at radius 1 is 0.862 bits per heavy atom. The van der Waals surface area contributed by atoms with E-state index in [1.807, 2.05) is 6.07 Å². The van der Waals surface area contributed by atoms with Crippen LogP contribution in [-0.2, 0) is 6.54 Å². The van der Waals surface area contributed by atoms with E-state index in [1.165, 1.54) is 21.9 Å². The van der Waals surface area contributed by atoms with Gasteiger partial charge < -0.3 is 4.74 Å². The van der Waals surface area contributed by atoms with Gasteiger partial charge in [-0.3, -0.25) is 9.80 Å². The number of nitrogens with zero attached hydrogens (tertiary/aromatic N) is 2. The lowest BCUT2D eigenvalue weighted by Gasteiger charge is -2.34. The van der Waals surface area contributed by atoms with Crippen LogP contribution in [0, 0.1) is 0 Å². The fourth-order valence-corrected chi connectivity index (χ4v) is 4.38. The minimum atomic E-state index is 0.950. The molecule has 150 valence electrons. The van der Waals surface area contributed by atoms with Crippen molar-refractivity contribution >= 4 is 32.8 Å². The van der Waals surface area contributed by atoms with Crippen molar-refractivity contribution in [3.63, 3.8) is 0 Å². The van der Waals surface area contributed by atoms with Crippen LogP contribution in [0.5, 0.6) is 5.75 Å². The number of hydrogen-bond acceptors (Lipinski definition) is 3. The Kier molecular flexibility index (Phi) is 6.65. The lowest BCUT2D eigenvalue weighted by atomic mass is 10.0. The van der Waals surface area contributed by atoms with Gasteiger partial charge in [-0.2, -0.15) is 0 Å². The number of ether oxygens (including phenoxy) is 1. The molecule has 0 radical (unpaired) electrons. The number of benzene rings is 3. The minimum Gasteiger partial charge on any atom is -0.496 e. The molecule has 0 aliphatic carbocycles. The lowest BCUT2D eigenvalue weighted by Crippen LogP contribution is -2.45. The maximum Gasteiger partial charge on any atom is 0.126 e. The molecule has 0 aromatic heterocycles. The van der Waals surface area contributed by atoms with Crippen molar-refractivity contribution in [1.82, 2.24) is 9.80 Å². The molecule has 3 aromatic rings. The molecule has 1 heterocycles. The van der Waals surface area contributed by atoms with Crippen LogP contribution in [0.4, 0.5) is 0 Å². The quantitative estimate of drug-likeness (QED) is 0.496. The third kappa shape index (κ3) is 4.89. The molecule has 3 nitrogen and oxygen atoms in total. The van der Waals surface area contributed by atoms with Gasteiger partial charge in [-0.25, -0.2) is 0 Å². The molecular weight excluding hydrogens is 424 g/mol. The van der Waals surface area contributed by atoms with Crippen molar-refractivity contribution in [3.8, 4) is 5.75 Å². The van der Waals surface area contributed by atoms with Crippen LogP contribution in [0.3, 0.4) is 0 Å². The maximum atomic E-state index is 5.53. The molecule has 1 fully saturated rings. The van der Waals surface area contributed by atoms with Gasteiger partial charge in [-0.05, 0) is 28.6 Å². The van der Waals surface area contributed by atoms with Crippen LogP contribution in [0.15, 0.2) is 71.2 Å². The monoisotopic (exact) mass is 450 g/mol. The molecule has 1 saturated heterocycles. The van der Waals surface area contributed by atoms with E-state index in [4.69, 9.17) is 4.74 Å². The van der Waals surface area contributed by atoms with Gasteiger partial charge in [0.1, 0.15) is 5.75 Å². The zero-order valence-electron chi connectivity index (χ0n) is 16.9. The molecule has 29 heavy (non-hydrogen) atoms. The normalized spacial score (nSPS) is 15.9. The highest BCUT2D eigenvalue weighted by Gasteiger charge is 2.17. The zero-order chi connectivity index (χ0) is 20.1. The summed E-state index contributed by atoms with van der Waals surface area (Å²) in [5.74, 6) is 0.950. The Balaban J connectivity index is 1.34.